The summed E-state index contributed by atoms with van der Waals surface area (Å²) < 4.78 is 1.99. The summed E-state index contributed by atoms with van der Waals surface area (Å²) in [4.78, 5) is 18.3. The van der Waals surface area contributed by atoms with E-state index in [9.17, 15) is 4.79 Å². The number of aromatic nitrogens is 2. The van der Waals surface area contributed by atoms with Crippen LogP contribution in [0.2, 0.25) is 0 Å². The number of rotatable bonds is 8. The molecule has 0 aliphatic carbocycles. The Labute approximate surface area is 138 Å². The molecule has 1 aromatic carbocycles. The fourth-order valence-corrected chi connectivity index (χ4v) is 2.51. The van der Waals surface area contributed by atoms with Gasteiger partial charge in [-0.3, -0.25) is 9.69 Å². The van der Waals surface area contributed by atoms with Crippen molar-refractivity contribution in [2.24, 2.45) is 0 Å². The van der Waals surface area contributed by atoms with Gasteiger partial charge in [-0.15, -0.1) is 0 Å². The second kappa shape index (κ2) is 8.48. The van der Waals surface area contributed by atoms with Crippen molar-refractivity contribution in [2.75, 3.05) is 13.6 Å². The zero-order valence-corrected chi connectivity index (χ0v) is 14.2. The van der Waals surface area contributed by atoms with Gasteiger partial charge in [-0.05, 0) is 26.0 Å². The number of likely N-dealkylation sites (N-methyl/N-ethyl adjacent to an activating group) is 1. The third kappa shape index (κ3) is 5.87. The lowest BCUT2D eigenvalue weighted by Crippen LogP contribution is -2.42. The van der Waals surface area contributed by atoms with E-state index in [1.807, 2.05) is 22.7 Å². The summed E-state index contributed by atoms with van der Waals surface area (Å²) in [7, 11) is 1.97. The van der Waals surface area contributed by atoms with Crippen molar-refractivity contribution in [3.8, 4) is 0 Å². The Morgan fingerprint density at radius 3 is 2.70 bits per heavy atom. The largest absolute Gasteiger partial charge is 0.350 e. The molecule has 0 spiro atoms. The molecule has 23 heavy (non-hydrogen) atoms. The molecule has 0 radical (unpaired) electrons. The first kappa shape index (κ1) is 17.2. The van der Waals surface area contributed by atoms with E-state index in [1.165, 1.54) is 11.1 Å². The van der Waals surface area contributed by atoms with E-state index in [0.29, 0.717) is 6.54 Å². The predicted octanol–water partition coefficient (Wildman–Crippen LogP) is 2.22. The Kier molecular flexibility index (Phi) is 6.35. The van der Waals surface area contributed by atoms with Gasteiger partial charge >= 0.3 is 0 Å². The summed E-state index contributed by atoms with van der Waals surface area (Å²) in [6.45, 7) is 6.08. The Balaban J connectivity index is 1.79. The first-order valence-electron chi connectivity index (χ1n) is 8.06. The third-order valence-corrected chi connectivity index (χ3v) is 3.83. The highest BCUT2D eigenvalue weighted by molar-refractivity contribution is 5.78. The molecule has 5 heteroatoms. The minimum Gasteiger partial charge on any atom is -0.350 e. The lowest BCUT2D eigenvalue weighted by molar-refractivity contribution is -0.122. The second-order valence-electron chi connectivity index (χ2n) is 6.09. The number of hydrogen-bond acceptors (Lipinski definition) is 3. The molecule has 0 saturated heterocycles. The molecule has 1 heterocycles. The van der Waals surface area contributed by atoms with Crippen molar-refractivity contribution in [2.45, 2.75) is 39.4 Å². The number of nitrogens with zero attached hydrogens (tertiary/aromatic N) is 3. The van der Waals surface area contributed by atoms with Crippen LogP contribution in [0, 0.1) is 6.92 Å². The van der Waals surface area contributed by atoms with Crippen LogP contribution in [0.4, 0.5) is 0 Å². The maximum absolute atomic E-state index is 12.2. The number of carbonyl (C=O) groups is 1. The quantitative estimate of drug-likeness (QED) is 0.813. The van der Waals surface area contributed by atoms with Crippen LogP contribution in [-0.2, 0) is 17.9 Å². The predicted molar refractivity (Wildman–Crippen MR) is 92.0 cm³/mol. The third-order valence-electron chi connectivity index (χ3n) is 3.83. The molecule has 2 aromatic rings. The number of imidazole rings is 1. The van der Waals surface area contributed by atoms with Gasteiger partial charge in [-0.25, -0.2) is 4.98 Å². The van der Waals surface area contributed by atoms with Crippen molar-refractivity contribution in [3.05, 3.63) is 54.1 Å². The van der Waals surface area contributed by atoms with Crippen molar-refractivity contribution < 1.29 is 4.79 Å². The molecule has 5 nitrogen and oxygen atoms in total. The molecule has 2 rings (SSSR count). The van der Waals surface area contributed by atoms with Gasteiger partial charge in [0.15, 0.2) is 0 Å². The Morgan fingerprint density at radius 2 is 2.09 bits per heavy atom. The lowest BCUT2D eigenvalue weighted by atomic mass is 10.1. The van der Waals surface area contributed by atoms with Crippen LogP contribution in [0.3, 0.4) is 0 Å². The Bertz CT molecular complexity index is 592. The van der Waals surface area contributed by atoms with E-state index in [2.05, 4.69) is 48.4 Å². The Morgan fingerprint density at radius 1 is 1.35 bits per heavy atom. The van der Waals surface area contributed by atoms with Crippen LogP contribution in [0.5, 0.6) is 0 Å². The van der Waals surface area contributed by atoms with Gasteiger partial charge in [0, 0.05) is 31.5 Å². The average molecular weight is 314 g/mol. The smallest absolute Gasteiger partial charge is 0.234 e. The summed E-state index contributed by atoms with van der Waals surface area (Å²) in [6.07, 6.45) is 6.34. The molecule has 1 amide bonds. The standard InChI is InChI=1S/C18H26N4O/c1-4-17(12-22-10-9-19-14-22)20-18(23)13-21(3)11-16-7-5-15(2)6-8-16/h5-10,14,17H,4,11-13H2,1-3H3,(H,20,23). The SMILES string of the molecule is CCC(Cn1ccnc1)NC(=O)CN(C)Cc1ccc(C)cc1. The minimum atomic E-state index is 0.0616. The molecule has 0 saturated carbocycles. The van der Waals surface area contributed by atoms with Crippen LogP contribution < -0.4 is 5.32 Å². The van der Waals surface area contributed by atoms with E-state index in [1.54, 1.807) is 12.5 Å². The fourth-order valence-electron chi connectivity index (χ4n) is 2.51. The van der Waals surface area contributed by atoms with Crippen LogP contribution in [-0.4, -0.2) is 40.0 Å². The van der Waals surface area contributed by atoms with Gasteiger partial charge < -0.3 is 9.88 Å². The summed E-state index contributed by atoms with van der Waals surface area (Å²) in [5.74, 6) is 0.0616. The molecular weight excluding hydrogens is 288 g/mol. The number of aryl methyl sites for hydroxylation is 1. The number of amides is 1. The highest BCUT2D eigenvalue weighted by atomic mass is 16.2. The van der Waals surface area contributed by atoms with Crippen LogP contribution in [0.1, 0.15) is 24.5 Å². The first-order chi connectivity index (χ1) is 11.1. The van der Waals surface area contributed by atoms with E-state index in [0.717, 1.165) is 19.5 Å². The van der Waals surface area contributed by atoms with Crippen LogP contribution in [0.15, 0.2) is 43.0 Å². The van der Waals surface area contributed by atoms with E-state index >= 15 is 0 Å². The van der Waals surface area contributed by atoms with Crippen molar-refractivity contribution >= 4 is 5.91 Å². The minimum absolute atomic E-state index is 0.0616. The summed E-state index contributed by atoms with van der Waals surface area (Å²) in [6, 6.07) is 8.54. The van der Waals surface area contributed by atoms with E-state index in [4.69, 9.17) is 0 Å². The average Bonchev–Trinajstić information content (AvgIpc) is 3.01. The summed E-state index contributed by atoms with van der Waals surface area (Å²) in [5.41, 5.74) is 2.47. The molecule has 1 N–H and O–H groups in total. The zero-order valence-electron chi connectivity index (χ0n) is 14.2. The van der Waals surface area contributed by atoms with Gasteiger partial charge in [0.2, 0.25) is 5.91 Å². The molecule has 0 bridgehead atoms. The number of nitrogens with one attached hydrogen (secondary N) is 1. The van der Waals surface area contributed by atoms with Crippen molar-refractivity contribution in [3.63, 3.8) is 0 Å². The maximum Gasteiger partial charge on any atom is 0.234 e. The lowest BCUT2D eigenvalue weighted by Gasteiger charge is -2.21. The molecule has 124 valence electrons. The Hall–Kier alpha value is -2.14. The van der Waals surface area contributed by atoms with Gasteiger partial charge in [0.1, 0.15) is 0 Å². The summed E-state index contributed by atoms with van der Waals surface area (Å²) in [5, 5.41) is 3.10. The fraction of sp³-hybridized carbons (Fsp3) is 0.444. The second-order valence-corrected chi connectivity index (χ2v) is 6.09. The normalized spacial score (nSPS) is 12.3. The first-order valence-corrected chi connectivity index (χ1v) is 8.06. The van der Waals surface area contributed by atoms with Crippen molar-refractivity contribution in [1.29, 1.82) is 0 Å². The van der Waals surface area contributed by atoms with Gasteiger partial charge in [0.25, 0.3) is 0 Å². The number of hydrogen-bond donors (Lipinski definition) is 1. The molecule has 0 fully saturated rings. The summed E-state index contributed by atoms with van der Waals surface area (Å²) >= 11 is 0. The maximum atomic E-state index is 12.2. The van der Waals surface area contributed by atoms with Gasteiger partial charge in [-0.1, -0.05) is 36.8 Å². The molecule has 1 atom stereocenters. The number of carbonyl (C=O) groups excluding carboxylic acids is 1. The van der Waals surface area contributed by atoms with E-state index in [-0.39, 0.29) is 11.9 Å². The molecule has 1 unspecified atom stereocenters. The molecular formula is C18H26N4O. The van der Waals surface area contributed by atoms with Crippen molar-refractivity contribution in [1.82, 2.24) is 19.8 Å². The monoisotopic (exact) mass is 314 g/mol. The molecule has 1 aromatic heterocycles. The highest BCUT2D eigenvalue weighted by Gasteiger charge is 2.13. The van der Waals surface area contributed by atoms with Gasteiger partial charge in [-0.2, -0.15) is 0 Å². The van der Waals surface area contributed by atoms with Crippen LogP contribution in [0.25, 0.3) is 0 Å². The van der Waals surface area contributed by atoms with Gasteiger partial charge in [0.05, 0.1) is 12.9 Å². The topological polar surface area (TPSA) is 50.2 Å². The number of benzene rings is 1. The van der Waals surface area contributed by atoms with E-state index < -0.39 is 0 Å². The molecule has 0 aliphatic rings. The van der Waals surface area contributed by atoms with Crippen LogP contribution >= 0.6 is 0 Å². The highest BCUT2D eigenvalue weighted by Crippen LogP contribution is 2.05. The molecule has 0 aliphatic heterocycles. The zero-order chi connectivity index (χ0) is 16.7.